The SMILES string of the molecule is Cc1ccc(OCc2ccc(C)c(C)c2)c(C#CCCl)c1. The molecule has 0 aliphatic heterocycles. The summed E-state index contributed by atoms with van der Waals surface area (Å²) in [5, 5.41) is 0. The summed E-state index contributed by atoms with van der Waals surface area (Å²) in [5.74, 6) is 7.06. The Morgan fingerprint density at radius 2 is 1.81 bits per heavy atom. The van der Waals surface area contributed by atoms with E-state index in [0.29, 0.717) is 12.5 Å². The summed E-state index contributed by atoms with van der Waals surface area (Å²) < 4.78 is 5.92. The van der Waals surface area contributed by atoms with Gasteiger partial charge in [0, 0.05) is 0 Å². The van der Waals surface area contributed by atoms with Crippen molar-refractivity contribution in [2.45, 2.75) is 27.4 Å². The molecule has 0 saturated heterocycles. The van der Waals surface area contributed by atoms with Crippen molar-refractivity contribution in [2.75, 3.05) is 5.88 Å². The molecule has 2 rings (SSSR count). The lowest BCUT2D eigenvalue weighted by atomic mass is 10.1. The largest absolute Gasteiger partial charge is 0.488 e. The van der Waals surface area contributed by atoms with Crippen molar-refractivity contribution in [3.8, 4) is 17.6 Å². The molecule has 0 radical (unpaired) electrons. The summed E-state index contributed by atoms with van der Waals surface area (Å²) in [6, 6.07) is 12.4. The molecule has 0 N–H and O–H groups in total. The van der Waals surface area contributed by atoms with E-state index < -0.39 is 0 Å². The van der Waals surface area contributed by atoms with E-state index in [9.17, 15) is 0 Å². The topological polar surface area (TPSA) is 9.23 Å². The second kappa shape index (κ2) is 7.20. The molecule has 0 aliphatic carbocycles. The number of benzene rings is 2. The molecule has 108 valence electrons. The van der Waals surface area contributed by atoms with Gasteiger partial charge in [-0.05, 0) is 55.2 Å². The average molecular weight is 299 g/mol. The van der Waals surface area contributed by atoms with E-state index in [1.165, 1.54) is 11.1 Å². The van der Waals surface area contributed by atoms with Crippen molar-refractivity contribution < 1.29 is 4.74 Å². The summed E-state index contributed by atoms with van der Waals surface area (Å²) in [6.07, 6.45) is 0. The van der Waals surface area contributed by atoms with Gasteiger partial charge >= 0.3 is 0 Å². The van der Waals surface area contributed by atoms with Crippen molar-refractivity contribution in [3.63, 3.8) is 0 Å². The summed E-state index contributed by atoms with van der Waals surface area (Å²) in [7, 11) is 0. The minimum absolute atomic E-state index is 0.324. The Morgan fingerprint density at radius 1 is 1.00 bits per heavy atom. The van der Waals surface area contributed by atoms with Crippen molar-refractivity contribution in [1.29, 1.82) is 0 Å². The van der Waals surface area contributed by atoms with Crippen LogP contribution in [0.5, 0.6) is 5.75 Å². The van der Waals surface area contributed by atoms with Gasteiger partial charge in [-0.15, -0.1) is 11.6 Å². The van der Waals surface area contributed by atoms with Gasteiger partial charge < -0.3 is 4.74 Å². The lowest BCUT2D eigenvalue weighted by molar-refractivity contribution is 0.305. The maximum atomic E-state index is 5.92. The van der Waals surface area contributed by atoms with Crippen LogP contribution >= 0.6 is 11.6 Å². The highest BCUT2D eigenvalue weighted by molar-refractivity contribution is 6.19. The first kappa shape index (κ1) is 15.5. The third-order valence-electron chi connectivity index (χ3n) is 3.39. The molecule has 2 aromatic rings. The third kappa shape index (κ3) is 4.28. The quantitative estimate of drug-likeness (QED) is 0.585. The minimum atomic E-state index is 0.324. The van der Waals surface area contributed by atoms with Gasteiger partial charge in [0.2, 0.25) is 0 Å². The van der Waals surface area contributed by atoms with E-state index in [1.54, 1.807) is 0 Å². The van der Waals surface area contributed by atoms with Crippen LogP contribution < -0.4 is 4.74 Å². The average Bonchev–Trinajstić information content (AvgIpc) is 2.47. The molecule has 0 fully saturated rings. The molecule has 2 aromatic carbocycles. The van der Waals surface area contributed by atoms with Crippen LogP contribution in [0.15, 0.2) is 36.4 Å². The predicted octanol–water partition coefficient (Wildman–Crippen LogP) is 4.78. The first-order valence-corrected chi connectivity index (χ1v) is 7.48. The van der Waals surface area contributed by atoms with Gasteiger partial charge in [0.15, 0.2) is 0 Å². The number of halogens is 1. The van der Waals surface area contributed by atoms with Crippen molar-refractivity contribution in [2.24, 2.45) is 0 Å². The molecule has 0 amide bonds. The molecule has 0 aromatic heterocycles. The fourth-order valence-corrected chi connectivity index (χ4v) is 2.12. The molecule has 0 atom stereocenters. The highest BCUT2D eigenvalue weighted by Gasteiger charge is 2.03. The molecule has 1 nitrogen and oxygen atoms in total. The summed E-state index contributed by atoms with van der Waals surface area (Å²) in [5.41, 5.74) is 5.78. The first-order valence-electron chi connectivity index (χ1n) is 6.94. The van der Waals surface area contributed by atoms with Crippen LogP contribution in [0.1, 0.15) is 27.8 Å². The van der Waals surface area contributed by atoms with Crippen LogP contribution in [0.4, 0.5) is 0 Å². The molecule has 0 spiro atoms. The van der Waals surface area contributed by atoms with E-state index in [-0.39, 0.29) is 0 Å². The molecule has 0 saturated carbocycles. The summed E-state index contributed by atoms with van der Waals surface area (Å²) in [6.45, 7) is 6.81. The first-order chi connectivity index (χ1) is 10.1. The van der Waals surface area contributed by atoms with Crippen molar-refractivity contribution >= 4 is 11.6 Å². The van der Waals surface area contributed by atoms with Gasteiger partial charge in [-0.2, -0.15) is 0 Å². The second-order valence-corrected chi connectivity index (χ2v) is 5.41. The molecule has 0 unspecified atom stereocenters. The number of hydrogen-bond acceptors (Lipinski definition) is 1. The Balaban J connectivity index is 2.17. The Kier molecular flexibility index (Phi) is 5.31. The van der Waals surface area contributed by atoms with Crippen LogP contribution in [0, 0.1) is 32.6 Å². The molecule has 2 heteroatoms. The van der Waals surface area contributed by atoms with Crippen molar-refractivity contribution in [1.82, 2.24) is 0 Å². The maximum absolute atomic E-state index is 5.92. The molecule has 0 bridgehead atoms. The number of aryl methyl sites for hydroxylation is 3. The van der Waals surface area contributed by atoms with Gasteiger partial charge in [0.1, 0.15) is 12.4 Å². The zero-order valence-electron chi connectivity index (χ0n) is 12.7. The number of alkyl halides is 1. The van der Waals surface area contributed by atoms with E-state index in [2.05, 4.69) is 43.9 Å². The number of ether oxygens (including phenoxy) is 1. The highest BCUT2D eigenvalue weighted by atomic mass is 35.5. The van der Waals surface area contributed by atoms with E-state index in [4.69, 9.17) is 16.3 Å². The smallest absolute Gasteiger partial charge is 0.135 e. The molecular formula is C19H19ClO. The van der Waals surface area contributed by atoms with Gasteiger partial charge in [0.25, 0.3) is 0 Å². The van der Waals surface area contributed by atoms with Crippen LogP contribution in [-0.4, -0.2) is 5.88 Å². The van der Waals surface area contributed by atoms with Gasteiger partial charge in [-0.25, -0.2) is 0 Å². The van der Waals surface area contributed by atoms with Crippen LogP contribution in [-0.2, 0) is 6.61 Å². The summed E-state index contributed by atoms with van der Waals surface area (Å²) in [4.78, 5) is 0. The fourth-order valence-electron chi connectivity index (χ4n) is 2.05. The Morgan fingerprint density at radius 3 is 2.52 bits per heavy atom. The fraction of sp³-hybridized carbons (Fsp3) is 0.263. The Bertz CT molecular complexity index is 692. The van der Waals surface area contributed by atoms with E-state index in [0.717, 1.165) is 22.4 Å². The zero-order chi connectivity index (χ0) is 15.2. The zero-order valence-corrected chi connectivity index (χ0v) is 13.4. The molecular weight excluding hydrogens is 280 g/mol. The monoisotopic (exact) mass is 298 g/mol. The van der Waals surface area contributed by atoms with Gasteiger partial charge in [-0.3, -0.25) is 0 Å². The van der Waals surface area contributed by atoms with Crippen LogP contribution in [0.3, 0.4) is 0 Å². The Hall–Kier alpha value is -1.91. The molecule has 0 aliphatic rings. The highest BCUT2D eigenvalue weighted by Crippen LogP contribution is 2.21. The normalized spacial score (nSPS) is 9.90. The van der Waals surface area contributed by atoms with Crippen LogP contribution in [0.25, 0.3) is 0 Å². The van der Waals surface area contributed by atoms with E-state index in [1.807, 2.05) is 25.1 Å². The molecule has 21 heavy (non-hydrogen) atoms. The number of hydrogen-bond donors (Lipinski definition) is 0. The summed E-state index contributed by atoms with van der Waals surface area (Å²) >= 11 is 5.63. The van der Waals surface area contributed by atoms with Crippen molar-refractivity contribution in [3.05, 3.63) is 64.2 Å². The Labute approximate surface area is 131 Å². The number of rotatable bonds is 3. The molecule has 0 heterocycles. The van der Waals surface area contributed by atoms with E-state index >= 15 is 0 Å². The second-order valence-electron chi connectivity index (χ2n) is 5.14. The maximum Gasteiger partial charge on any atom is 0.135 e. The van der Waals surface area contributed by atoms with Gasteiger partial charge in [0.05, 0.1) is 11.4 Å². The standard InChI is InChI=1S/C19H19ClO/c1-14-6-9-19(18(11-14)5-4-10-20)21-13-17-8-7-15(2)16(3)12-17/h6-9,11-12H,10,13H2,1-3H3. The third-order valence-corrected chi connectivity index (χ3v) is 3.52. The predicted molar refractivity (Wildman–Crippen MR) is 89.0 cm³/mol. The van der Waals surface area contributed by atoms with Gasteiger partial charge in [-0.1, -0.05) is 36.1 Å². The lowest BCUT2D eigenvalue weighted by Crippen LogP contribution is -1.98. The van der Waals surface area contributed by atoms with Crippen LogP contribution in [0.2, 0.25) is 0 Å². The minimum Gasteiger partial charge on any atom is -0.488 e. The lowest BCUT2D eigenvalue weighted by Gasteiger charge is -2.10.